The fourth-order valence-corrected chi connectivity index (χ4v) is 1.74. The van der Waals surface area contributed by atoms with Gasteiger partial charge in [0.15, 0.2) is 0 Å². The predicted molar refractivity (Wildman–Crippen MR) is 65.3 cm³/mol. The van der Waals surface area contributed by atoms with Crippen LogP contribution in [0.3, 0.4) is 0 Å². The van der Waals surface area contributed by atoms with Crippen LogP contribution in [0, 0.1) is 0 Å². The highest BCUT2D eigenvalue weighted by Gasteiger charge is 2.03. The van der Waals surface area contributed by atoms with E-state index in [1.54, 1.807) is 0 Å². The van der Waals surface area contributed by atoms with Crippen molar-refractivity contribution < 1.29 is 9.84 Å². The molecule has 0 fully saturated rings. The second kappa shape index (κ2) is 6.85. The molecule has 84 valence electrons. The summed E-state index contributed by atoms with van der Waals surface area (Å²) in [7, 11) is 0. The maximum Gasteiger partial charge on any atom is 0.122 e. The van der Waals surface area contributed by atoms with Crippen LogP contribution in [-0.4, -0.2) is 18.3 Å². The highest BCUT2D eigenvalue weighted by Crippen LogP contribution is 2.23. The molecule has 1 rings (SSSR count). The quantitative estimate of drug-likeness (QED) is 0.807. The van der Waals surface area contributed by atoms with E-state index in [1.807, 2.05) is 18.2 Å². The van der Waals surface area contributed by atoms with E-state index in [9.17, 15) is 0 Å². The van der Waals surface area contributed by atoms with Gasteiger partial charge in [-0.15, -0.1) is 0 Å². The molecular weight excluding hydrogens is 256 g/mol. The van der Waals surface area contributed by atoms with Gasteiger partial charge >= 0.3 is 0 Å². The molecule has 0 aromatic heterocycles. The number of halogens is 1. The molecule has 0 spiro atoms. The standard InChI is InChI=1S/C12H17BrO2/c1-2-3-8-15-12-5-4-11(13)9-10(12)6-7-14/h4-5,9,14H,2-3,6-8H2,1H3. The van der Waals surface area contributed by atoms with E-state index in [1.165, 1.54) is 0 Å². The van der Waals surface area contributed by atoms with Crippen LogP contribution in [0.2, 0.25) is 0 Å². The summed E-state index contributed by atoms with van der Waals surface area (Å²) in [6.07, 6.45) is 2.83. The van der Waals surface area contributed by atoms with Gasteiger partial charge in [0.05, 0.1) is 6.61 Å². The van der Waals surface area contributed by atoms with Gasteiger partial charge in [-0.25, -0.2) is 0 Å². The molecule has 3 heteroatoms. The van der Waals surface area contributed by atoms with E-state index >= 15 is 0 Å². The van der Waals surface area contributed by atoms with Crippen molar-refractivity contribution in [1.82, 2.24) is 0 Å². The highest BCUT2D eigenvalue weighted by atomic mass is 79.9. The number of ether oxygens (including phenoxy) is 1. The molecule has 0 aliphatic rings. The monoisotopic (exact) mass is 272 g/mol. The molecule has 2 nitrogen and oxygen atoms in total. The Labute approximate surface area is 99.4 Å². The lowest BCUT2D eigenvalue weighted by Crippen LogP contribution is -2.01. The average molecular weight is 273 g/mol. The van der Waals surface area contributed by atoms with Crippen LogP contribution >= 0.6 is 15.9 Å². The summed E-state index contributed by atoms with van der Waals surface area (Å²) in [4.78, 5) is 0. The molecule has 0 aliphatic heterocycles. The zero-order valence-electron chi connectivity index (χ0n) is 9.00. The maximum absolute atomic E-state index is 8.94. The van der Waals surface area contributed by atoms with E-state index < -0.39 is 0 Å². The van der Waals surface area contributed by atoms with Crippen molar-refractivity contribution in [3.05, 3.63) is 28.2 Å². The van der Waals surface area contributed by atoms with Crippen molar-refractivity contribution in [2.24, 2.45) is 0 Å². The highest BCUT2D eigenvalue weighted by molar-refractivity contribution is 9.10. The van der Waals surface area contributed by atoms with Gasteiger partial charge in [0.1, 0.15) is 5.75 Å². The SMILES string of the molecule is CCCCOc1ccc(Br)cc1CCO. The molecule has 1 N–H and O–H groups in total. The minimum atomic E-state index is 0.153. The van der Waals surface area contributed by atoms with Gasteiger partial charge in [-0.3, -0.25) is 0 Å². The van der Waals surface area contributed by atoms with Gasteiger partial charge in [0, 0.05) is 11.1 Å². The molecule has 1 aromatic carbocycles. The Morgan fingerprint density at radius 3 is 2.87 bits per heavy atom. The van der Waals surface area contributed by atoms with Gasteiger partial charge in [-0.1, -0.05) is 29.3 Å². The Morgan fingerprint density at radius 2 is 2.20 bits per heavy atom. The van der Waals surface area contributed by atoms with Gasteiger partial charge in [0.25, 0.3) is 0 Å². The second-order valence-corrected chi connectivity index (χ2v) is 4.34. The minimum Gasteiger partial charge on any atom is -0.493 e. The average Bonchev–Trinajstić information content (AvgIpc) is 2.22. The van der Waals surface area contributed by atoms with Crippen molar-refractivity contribution in [2.75, 3.05) is 13.2 Å². The van der Waals surface area contributed by atoms with Crippen molar-refractivity contribution in [3.63, 3.8) is 0 Å². The van der Waals surface area contributed by atoms with Crippen LogP contribution in [-0.2, 0) is 6.42 Å². The summed E-state index contributed by atoms with van der Waals surface area (Å²) in [5.41, 5.74) is 1.06. The zero-order valence-corrected chi connectivity index (χ0v) is 10.6. The summed E-state index contributed by atoms with van der Waals surface area (Å²) in [5, 5.41) is 8.94. The summed E-state index contributed by atoms with van der Waals surface area (Å²) in [5.74, 6) is 0.890. The van der Waals surface area contributed by atoms with E-state index in [2.05, 4.69) is 22.9 Å². The Balaban J connectivity index is 2.67. The fraction of sp³-hybridized carbons (Fsp3) is 0.500. The third kappa shape index (κ3) is 4.22. The van der Waals surface area contributed by atoms with E-state index in [0.29, 0.717) is 6.42 Å². The Bertz CT molecular complexity index is 300. The smallest absolute Gasteiger partial charge is 0.122 e. The van der Waals surface area contributed by atoms with Crippen molar-refractivity contribution >= 4 is 15.9 Å². The molecule has 1 aromatic rings. The molecule has 0 unspecified atom stereocenters. The molecule has 0 amide bonds. The van der Waals surface area contributed by atoms with E-state index in [4.69, 9.17) is 9.84 Å². The fourth-order valence-electron chi connectivity index (χ4n) is 1.33. The minimum absolute atomic E-state index is 0.153. The van der Waals surface area contributed by atoms with Crippen LogP contribution < -0.4 is 4.74 Å². The first-order chi connectivity index (χ1) is 7.27. The van der Waals surface area contributed by atoms with Gasteiger partial charge in [-0.2, -0.15) is 0 Å². The van der Waals surface area contributed by atoms with E-state index in [-0.39, 0.29) is 6.61 Å². The summed E-state index contributed by atoms with van der Waals surface area (Å²) < 4.78 is 6.68. The topological polar surface area (TPSA) is 29.5 Å². The normalized spacial score (nSPS) is 10.3. The van der Waals surface area contributed by atoms with Crippen molar-refractivity contribution in [3.8, 4) is 5.75 Å². The molecule has 15 heavy (non-hydrogen) atoms. The largest absolute Gasteiger partial charge is 0.493 e. The van der Waals surface area contributed by atoms with Crippen LogP contribution in [0.25, 0.3) is 0 Å². The number of rotatable bonds is 6. The maximum atomic E-state index is 8.94. The number of aliphatic hydroxyl groups excluding tert-OH is 1. The molecule has 0 bridgehead atoms. The summed E-state index contributed by atoms with van der Waals surface area (Å²) in [6.45, 7) is 3.04. The number of aliphatic hydroxyl groups is 1. The van der Waals surface area contributed by atoms with Crippen LogP contribution in [0.15, 0.2) is 22.7 Å². The van der Waals surface area contributed by atoms with Crippen molar-refractivity contribution in [1.29, 1.82) is 0 Å². The predicted octanol–water partition coefficient (Wildman–Crippen LogP) is 3.16. The third-order valence-corrected chi connectivity index (χ3v) is 2.65. The lowest BCUT2D eigenvalue weighted by Gasteiger charge is -2.10. The lowest BCUT2D eigenvalue weighted by molar-refractivity contribution is 0.286. The Kier molecular flexibility index (Phi) is 5.73. The van der Waals surface area contributed by atoms with Crippen LogP contribution in [0.5, 0.6) is 5.75 Å². The molecule has 0 saturated carbocycles. The second-order valence-electron chi connectivity index (χ2n) is 3.43. The summed E-state index contributed by atoms with van der Waals surface area (Å²) in [6, 6.07) is 5.91. The molecule has 0 aliphatic carbocycles. The van der Waals surface area contributed by atoms with Crippen LogP contribution in [0.4, 0.5) is 0 Å². The van der Waals surface area contributed by atoms with Crippen LogP contribution in [0.1, 0.15) is 25.3 Å². The van der Waals surface area contributed by atoms with Gasteiger partial charge in [-0.05, 0) is 36.6 Å². The number of hydrogen-bond donors (Lipinski definition) is 1. The third-order valence-electron chi connectivity index (χ3n) is 2.16. The number of benzene rings is 1. The van der Waals surface area contributed by atoms with Gasteiger partial charge < -0.3 is 9.84 Å². The first kappa shape index (κ1) is 12.5. The van der Waals surface area contributed by atoms with Crippen molar-refractivity contribution in [2.45, 2.75) is 26.2 Å². The Hall–Kier alpha value is -0.540. The molecular formula is C12H17BrO2. The molecule has 0 heterocycles. The Morgan fingerprint density at radius 1 is 1.40 bits per heavy atom. The first-order valence-electron chi connectivity index (χ1n) is 5.30. The first-order valence-corrected chi connectivity index (χ1v) is 6.09. The van der Waals surface area contributed by atoms with Gasteiger partial charge in [0.2, 0.25) is 0 Å². The molecule has 0 saturated heterocycles. The molecule has 0 atom stereocenters. The summed E-state index contributed by atoms with van der Waals surface area (Å²) >= 11 is 3.41. The van der Waals surface area contributed by atoms with E-state index in [0.717, 1.165) is 35.2 Å². The molecule has 0 radical (unpaired) electrons. The number of unbranched alkanes of at least 4 members (excludes halogenated alkanes) is 1. The number of hydrogen-bond acceptors (Lipinski definition) is 2. The zero-order chi connectivity index (χ0) is 11.1. The lowest BCUT2D eigenvalue weighted by atomic mass is 10.1.